The van der Waals surface area contributed by atoms with E-state index in [9.17, 15) is 24.6 Å². The fourth-order valence-electron chi connectivity index (χ4n) is 5.29. The summed E-state index contributed by atoms with van der Waals surface area (Å²) in [7, 11) is -3.66. The molecule has 0 spiro atoms. The topological polar surface area (TPSA) is 133 Å². The highest BCUT2D eigenvalue weighted by Crippen LogP contribution is 2.43. The normalized spacial score (nSPS) is 13.1. The first-order valence-corrected chi connectivity index (χ1v) is 16.5. The number of aliphatic carboxylic acids is 1. The van der Waals surface area contributed by atoms with Crippen LogP contribution in [0.3, 0.4) is 0 Å². The second-order valence-electron chi connectivity index (χ2n) is 11.6. The molecule has 0 aliphatic rings. The molecule has 0 aliphatic heterocycles. The summed E-state index contributed by atoms with van der Waals surface area (Å²) in [6.07, 6.45) is 2.23. The van der Waals surface area contributed by atoms with E-state index in [0.29, 0.717) is 17.0 Å². The molecule has 3 rings (SSSR count). The molecule has 0 saturated heterocycles. The number of rotatable bonds is 15. The fourth-order valence-corrected chi connectivity index (χ4v) is 8.17. The number of carbonyl (C=O) groups excluding carboxylic acids is 2. The molecule has 0 aliphatic carbocycles. The van der Waals surface area contributed by atoms with E-state index >= 15 is 4.57 Å². The summed E-state index contributed by atoms with van der Waals surface area (Å²) in [5, 5.41) is 26.2. The lowest BCUT2D eigenvalue weighted by Gasteiger charge is -2.26. The van der Waals surface area contributed by atoms with Crippen molar-refractivity contribution >= 4 is 40.8 Å². The number of amides is 2. The zero-order valence-corrected chi connectivity index (χ0v) is 26.3. The molecule has 0 radical (unpaired) electrons. The number of hydrogen-bond acceptors (Lipinski definition) is 5. The lowest BCUT2D eigenvalue weighted by atomic mass is 9.87. The van der Waals surface area contributed by atoms with Crippen LogP contribution in [0.4, 0.5) is 0 Å². The molecular formula is C34H43N2O6P. The number of carboxylic acids is 1. The zero-order chi connectivity index (χ0) is 31.6. The standard InChI is InChI=1S/C34H43N2O6P/c1-5-12-24(2)28(33(40)41)19-21-35-32(39)29-18-17-25(31(38)36-34(3,4)20-22-37)23-30(29)43(42,26-13-8-6-9-14-26)27-15-10-7-11-16-27/h6-11,13-18,23-24,28,37H,5,12,19-22H2,1-4H3,(H,35,39)(H,36,38)(H,40,41). The highest BCUT2D eigenvalue weighted by molar-refractivity contribution is 7.85. The van der Waals surface area contributed by atoms with Crippen LogP contribution in [0.1, 0.15) is 74.1 Å². The molecular weight excluding hydrogens is 563 g/mol. The first-order chi connectivity index (χ1) is 20.4. The summed E-state index contributed by atoms with van der Waals surface area (Å²) in [5.74, 6) is -2.46. The summed E-state index contributed by atoms with van der Waals surface area (Å²) < 4.78 is 15.3. The largest absolute Gasteiger partial charge is 0.481 e. The Bertz CT molecular complexity index is 1400. The summed E-state index contributed by atoms with van der Waals surface area (Å²) in [6.45, 7) is 7.54. The first kappa shape index (κ1) is 33.8. The highest BCUT2D eigenvalue weighted by Gasteiger charge is 2.35. The van der Waals surface area contributed by atoms with E-state index in [1.54, 1.807) is 62.4 Å². The number of carboxylic acid groups (broad SMARTS) is 1. The van der Waals surface area contributed by atoms with Gasteiger partial charge in [0.2, 0.25) is 0 Å². The number of nitrogens with one attached hydrogen (secondary N) is 2. The molecule has 0 bridgehead atoms. The number of aliphatic hydroxyl groups excluding tert-OH is 1. The Morgan fingerprint density at radius 3 is 1.98 bits per heavy atom. The van der Waals surface area contributed by atoms with Crippen LogP contribution in [0.5, 0.6) is 0 Å². The Morgan fingerprint density at radius 2 is 1.47 bits per heavy atom. The quantitative estimate of drug-likeness (QED) is 0.189. The van der Waals surface area contributed by atoms with Crippen LogP contribution in [-0.2, 0) is 9.36 Å². The Kier molecular flexibility index (Phi) is 11.9. The minimum absolute atomic E-state index is 0.0424. The molecule has 0 aromatic heterocycles. The Hall–Kier alpha value is -3.74. The molecule has 2 unspecified atom stereocenters. The van der Waals surface area contributed by atoms with E-state index in [1.165, 1.54) is 18.2 Å². The van der Waals surface area contributed by atoms with Gasteiger partial charge in [-0.1, -0.05) is 87.4 Å². The van der Waals surface area contributed by atoms with Gasteiger partial charge < -0.3 is 25.4 Å². The molecule has 43 heavy (non-hydrogen) atoms. The summed E-state index contributed by atoms with van der Waals surface area (Å²) in [5.41, 5.74) is -0.320. The SMILES string of the molecule is CCCC(C)C(CCNC(=O)c1ccc(C(=O)NC(C)(C)CCO)cc1P(=O)(c1ccccc1)c1ccccc1)C(=O)O. The predicted octanol–water partition coefficient (Wildman–Crippen LogP) is 4.47. The van der Waals surface area contributed by atoms with Gasteiger partial charge >= 0.3 is 5.97 Å². The molecule has 230 valence electrons. The van der Waals surface area contributed by atoms with Gasteiger partial charge in [-0.25, -0.2) is 0 Å². The minimum Gasteiger partial charge on any atom is -0.481 e. The Balaban J connectivity index is 2.10. The highest BCUT2D eigenvalue weighted by atomic mass is 31.2. The average Bonchev–Trinajstić information content (AvgIpc) is 2.99. The summed E-state index contributed by atoms with van der Waals surface area (Å²) >= 11 is 0. The van der Waals surface area contributed by atoms with E-state index < -0.39 is 36.4 Å². The maximum Gasteiger partial charge on any atom is 0.306 e. The molecule has 0 heterocycles. The molecule has 2 amide bonds. The number of aliphatic hydroxyl groups is 1. The summed E-state index contributed by atoms with van der Waals surface area (Å²) in [6, 6.07) is 22.3. The minimum atomic E-state index is -3.66. The van der Waals surface area contributed by atoms with Crippen molar-refractivity contribution < 1.29 is 29.2 Å². The third kappa shape index (κ3) is 8.43. The van der Waals surface area contributed by atoms with Crippen LogP contribution in [0.15, 0.2) is 78.9 Å². The van der Waals surface area contributed by atoms with Crippen LogP contribution < -0.4 is 26.5 Å². The number of carbonyl (C=O) groups is 3. The fraction of sp³-hybridized carbons (Fsp3) is 0.382. The van der Waals surface area contributed by atoms with E-state index in [1.807, 2.05) is 26.0 Å². The van der Waals surface area contributed by atoms with Crippen molar-refractivity contribution in [2.45, 2.75) is 58.9 Å². The summed E-state index contributed by atoms with van der Waals surface area (Å²) in [4.78, 5) is 39.0. The lowest BCUT2D eigenvalue weighted by molar-refractivity contribution is -0.143. The molecule has 3 aromatic rings. The second-order valence-corrected chi connectivity index (χ2v) is 14.3. The van der Waals surface area contributed by atoms with Crippen molar-refractivity contribution in [2.24, 2.45) is 11.8 Å². The van der Waals surface area contributed by atoms with Crippen LogP contribution >= 0.6 is 7.14 Å². The van der Waals surface area contributed by atoms with E-state index in [-0.39, 0.29) is 41.9 Å². The van der Waals surface area contributed by atoms with Gasteiger partial charge in [0.25, 0.3) is 11.8 Å². The van der Waals surface area contributed by atoms with Crippen molar-refractivity contribution in [2.75, 3.05) is 13.2 Å². The van der Waals surface area contributed by atoms with Crippen LogP contribution in [0.25, 0.3) is 0 Å². The smallest absolute Gasteiger partial charge is 0.306 e. The van der Waals surface area contributed by atoms with Crippen molar-refractivity contribution in [3.8, 4) is 0 Å². The van der Waals surface area contributed by atoms with Crippen LogP contribution in [-0.4, -0.2) is 46.7 Å². The van der Waals surface area contributed by atoms with Gasteiger partial charge in [-0.15, -0.1) is 0 Å². The van der Waals surface area contributed by atoms with Crippen molar-refractivity contribution in [1.29, 1.82) is 0 Å². The predicted molar refractivity (Wildman–Crippen MR) is 171 cm³/mol. The van der Waals surface area contributed by atoms with Crippen LogP contribution in [0, 0.1) is 11.8 Å². The zero-order valence-electron chi connectivity index (χ0n) is 25.4. The van der Waals surface area contributed by atoms with Gasteiger partial charge in [0.15, 0.2) is 7.14 Å². The molecule has 4 N–H and O–H groups in total. The monoisotopic (exact) mass is 606 g/mol. The third-order valence-electron chi connectivity index (χ3n) is 7.76. The third-order valence-corrected chi connectivity index (χ3v) is 10.9. The Labute approximate surface area is 254 Å². The number of hydrogen-bond donors (Lipinski definition) is 4. The van der Waals surface area contributed by atoms with Gasteiger partial charge in [-0.3, -0.25) is 14.4 Å². The van der Waals surface area contributed by atoms with Gasteiger partial charge in [0.1, 0.15) is 0 Å². The molecule has 9 heteroatoms. The van der Waals surface area contributed by atoms with Gasteiger partial charge in [0, 0.05) is 40.2 Å². The molecule has 2 atom stereocenters. The van der Waals surface area contributed by atoms with E-state index in [4.69, 9.17) is 0 Å². The molecule has 0 fully saturated rings. The first-order valence-electron chi connectivity index (χ1n) is 14.7. The molecule has 3 aromatic carbocycles. The average molecular weight is 607 g/mol. The van der Waals surface area contributed by atoms with E-state index in [2.05, 4.69) is 10.6 Å². The lowest BCUT2D eigenvalue weighted by Crippen LogP contribution is -2.44. The van der Waals surface area contributed by atoms with Crippen molar-refractivity contribution in [1.82, 2.24) is 10.6 Å². The second kappa shape index (κ2) is 15.1. The molecule has 8 nitrogen and oxygen atoms in total. The number of benzene rings is 3. The van der Waals surface area contributed by atoms with Crippen LogP contribution in [0.2, 0.25) is 0 Å². The maximum atomic E-state index is 15.3. The van der Waals surface area contributed by atoms with E-state index in [0.717, 1.165) is 12.8 Å². The maximum absolute atomic E-state index is 15.3. The molecule has 0 saturated carbocycles. The Morgan fingerprint density at radius 1 is 0.884 bits per heavy atom. The van der Waals surface area contributed by atoms with Gasteiger partial charge in [-0.2, -0.15) is 0 Å². The van der Waals surface area contributed by atoms with Gasteiger partial charge in [-0.05, 0) is 50.8 Å². The van der Waals surface area contributed by atoms with Crippen molar-refractivity contribution in [3.63, 3.8) is 0 Å². The van der Waals surface area contributed by atoms with Gasteiger partial charge in [0.05, 0.1) is 11.5 Å². The van der Waals surface area contributed by atoms with Crippen molar-refractivity contribution in [3.05, 3.63) is 90.0 Å².